The first kappa shape index (κ1) is 24.2. The number of anilines is 1. The first-order valence-electron chi connectivity index (χ1n) is 12.2. The van der Waals surface area contributed by atoms with Crippen molar-refractivity contribution in [3.8, 4) is 11.3 Å². The van der Waals surface area contributed by atoms with Gasteiger partial charge in [-0.15, -0.1) is 0 Å². The van der Waals surface area contributed by atoms with Crippen molar-refractivity contribution in [1.82, 2.24) is 24.6 Å². The van der Waals surface area contributed by atoms with Crippen molar-refractivity contribution in [2.45, 2.75) is 13.5 Å². The summed E-state index contributed by atoms with van der Waals surface area (Å²) in [6.07, 6.45) is 5.09. The van der Waals surface area contributed by atoms with Gasteiger partial charge in [-0.05, 0) is 18.6 Å². The van der Waals surface area contributed by atoms with Crippen LogP contribution < -0.4 is 4.90 Å². The Hall–Kier alpha value is -4.53. The van der Waals surface area contributed by atoms with Crippen LogP contribution in [0.5, 0.6) is 0 Å². The molecule has 3 heterocycles. The van der Waals surface area contributed by atoms with E-state index in [2.05, 4.69) is 15.1 Å². The van der Waals surface area contributed by atoms with Crippen LogP contribution in [0.2, 0.25) is 0 Å². The maximum absolute atomic E-state index is 13.1. The average Bonchev–Trinajstić information content (AvgIpc) is 3.37. The number of rotatable bonds is 7. The molecule has 1 fully saturated rings. The van der Waals surface area contributed by atoms with Crippen LogP contribution in [0.25, 0.3) is 11.3 Å². The molecule has 9 heteroatoms. The van der Waals surface area contributed by atoms with Gasteiger partial charge in [-0.3, -0.25) is 9.48 Å². The number of hydrogen-bond acceptors (Lipinski definition) is 7. The highest BCUT2D eigenvalue weighted by Gasteiger charge is 2.25. The minimum atomic E-state index is -0.570. The van der Waals surface area contributed by atoms with Gasteiger partial charge in [0.15, 0.2) is 6.61 Å². The predicted octanol–water partition coefficient (Wildman–Crippen LogP) is 3.20. The van der Waals surface area contributed by atoms with E-state index in [1.807, 2.05) is 66.4 Å². The van der Waals surface area contributed by atoms with E-state index in [1.54, 1.807) is 34.2 Å². The smallest absolute Gasteiger partial charge is 0.342 e. The van der Waals surface area contributed by atoms with E-state index in [0.717, 1.165) is 16.7 Å². The second kappa shape index (κ2) is 11.0. The van der Waals surface area contributed by atoms with Crippen molar-refractivity contribution in [2.75, 3.05) is 37.7 Å². The fourth-order valence-electron chi connectivity index (χ4n) is 4.25. The minimum absolute atomic E-state index is 0.226. The molecule has 188 valence electrons. The first-order chi connectivity index (χ1) is 18.1. The summed E-state index contributed by atoms with van der Waals surface area (Å²) in [4.78, 5) is 38.2. The maximum Gasteiger partial charge on any atom is 0.342 e. The van der Waals surface area contributed by atoms with Crippen molar-refractivity contribution in [3.05, 3.63) is 95.9 Å². The number of carbonyl (C=O) groups is 2. The number of piperazine rings is 1. The van der Waals surface area contributed by atoms with Crippen molar-refractivity contribution in [2.24, 2.45) is 0 Å². The number of carbonyl (C=O) groups excluding carboxylic acids is 2. The van der Waals surface area contributed by atoms with E-state index < -0.39 is 5.97 Å². The normalized spacial score (nSPS) is 13.4. The van der Waals surface area contributed by atoms with Gasteiger partial charge in [-0.2, -0.15) is 5.10 Å². The van der Waals surface area contributed by atoms with Gasteiger partial charge in [-0.25, -0.2) is 14.8 Å². The topological polar surface area (TPSA) is 93.5 Å². The summed E-state index contributed by atoms with van der Waals surface area (Å²) < 4.78 is 7.21. The Morgan fingerprint density at radius 2 is 1.59 bits per heavy atom. The predicted molar refractivity (Wildman–Crippen MR) is 139 cm³/mol. The summed E-state index contributed by atoms with van der Waals surface area (Å²) in [6, 6.07) is 19.5. The van der Waals surface area contributed by atoms with Crippen molar-refractivity contribution in [3.63, 3.8) is 0 Å². The summed E-state index contributed by atoms with van der Waals surface area (Å²) in [5, 5.41) is 4.68. The molecule has 0 spiro atoms. The molecule has 1 saturated heterocycles. The van der Waals surface area contributed by atoms with Crippen LogP contribution in [-0.4, -0.2) is 69.3 Å². The molecule has 5 rings (SSSR count). The number of benzene rings is 2. The quantitative estimate of drug-likeness (QED) is 0.363. The van der Waals surface area contributed by atoms with E-state index in [-0.39, 0.29) is 12.5 Å². The lowest BCUT2D eigenvalue weighted by Gasteiger charge is -2.34. The Kier molecular flexibility index (Phi) is 7.21. The zero-order valence-corrected chi connectivity index (χ0v) is 20.7. The molecule has 0 bridgehead atoms. The van der Waals surface area contributed by atoms with Gasteiger partial charge in [-0.1, -0.05) is 60.2 Å². The second-order valence-corrected chi connectivity index (χ2v) is 8.93. The van der Waals surface area contributed by atoms with Crippen LogP contribution in [-0.2, 0) is 16.1 Å². The molecule has 0 aliphatic carbocycles. The molecule has 4 aromatic rings. The summed E-state index contributed by atoms with van der Waals surface area (Å²) in [7, 11) is 0. The summed E-state index contributed by atoms with van der Waals surface area (Å²) >= 11 is 0. The Morgan fingerprint density at radius 3 is 2.30 bits per heavy atom. The summed E-state index contributed by atoms with van der Waals surface area (Å²) in [5.41, 5.74) is 3.86. The maximum atomic E-state index is 13.1. The Labute approximate surface area is 215 Å². The molecular weight excluding hydrogens is 468 g/mol. The van der Waals surface area contributed by atoms with Crippen LogP contribution in [0, 0.1) is 6.92 Å². The molecule has 0 saturated carbocycles. The van der Waals surface area contributed by atoms with E-state index in [4.69, 9.17) is 4.74 Å². The molecule has 0 radical (unpaired) electrons. The van der Waals surface area contributed by atoms with E-state index in [1.165, 1.54) is 0 Å². The van der Waals surface area contributed by atoms with Gasteiger partial charge < -0.3 is 14.5 Å². The van der Waals surface area contributed by atoms with Gasteiger partial charge in [0.25, 0.3) is 5.91 Å². The highest BCUT2D eigenvalue weighted by atomic mass is 16.5. The lowest BCUT2D eigenvalue weighted by molar-refractivity contribution is -0.134. The standard InChI is InChI=1S/C28H28N6O3/c1-21-8-10-23(11-9-21)26-24(19-34(31-26)18-22-6-3-2-4-7-22)27(36)37-20-25(35)32-14-16-33(17-15-32)28-29-12-5-13-30-28/h2-13,19H,14-18,20H2,1H3. The van der Waals surface area contributed by atoms with Crippen molar-refractivity contribution in [1.29, 1.82) is 0 Å². The van der Waals surface area contributed by atoms with Gasteiger partial charge in [0.05, 0.1) is 6.54 Å². The van der Waals surface area contributed by atoms with Crippen LogP contribution in [0.3, 0.4) is 0 Å². The molecule has 37 heavy (non-hydrogen) atoms. The molecule has 0 atom stereocenters. The SMILES string of the molecule is Cc1ccc(-c2nn(Cc3ccccc3)cc2C(=O)OCC(=O)N2CCN(c3ncccn3)CC2)cc1. The number of ether oxygens (including phenoxy) is 1. The molecule has 1 aliphatic rings. The Balaban J connectivity index is 1.25. The van der Waals surface area contributed by atoms with Gasteiger partial charge >= 0.3 is 5.97 Å². The Bertz CT molecular complexity index is 1350. The van der Waals surface area contributed by atoms with Gasteiger partial charge in [0, 0.05) is 50.3 Å². The average molecular weight is 497 g/mol. The summed E-state index contributed by atoms with van der Waals surface area (Å²) in [5.74, 6) is -0.146. The van der Waals surface area contributed by atoms with E-state index in [9.17, 15) is 9.59 Å². The number of nitrogens with zero attached hydrogens (tertiary/aromatic N) is 6. The third-order valence-corrected chi connectivity index (χ3v) is 6.29. The number of amides is 1. The van der Waals surface area contributed by atoms with Crippen molar-refractivity contribution >= 4 is 17.8 Å². The highest BCUT2D eigenvalue weighted by molar-refractivity contribution is 5.97. The molecule has 0 unspecified atom stereocenters. The monoisotopic (exact) mass is 496 g/mol. The lowest BCUT2D eigenvalue weighted by Crippen LogP contribution is -2.50. The third kappa shape index (κ3) is 5.83. The van der Waals surface area contributed by atoms with Gasteiger partial charge in [0.2, 0.25) is 5.95 Å². The van der Waals surface area contributed by atoms with Crippen LogP contribution in [0.15, 0.2) is 79.3 Å². The number of aromatic nitrogens is 4. The van der Waals surface area contributed by atoms with E-state index >= 15 is 0 Å². The van der Waals surface area contributed by atoms with Crippen LogP contribution in [0.4, 0.5) is 5.95 Å². The van der Waals surface area contributed by atoms with Crippen LogP contribution >= 0.6 is 0 Å². The minimum Gasteiger partial charge on any atom is -0.452 e. The molecule has 2 aromatic carbocycles. The Morgan fingerprint density at radius 1 is 0.892 bits per heavy atom. The van der Waals surface area contributed by atoms with Crippen LogP contribution in [0.1, 0.15) is 21.5 Å². The third-order valence-electron chi connectivity index (χ3n) is 6.29. The van der Waals surface area contributed by atoms with Crippen molar-refractivity contribution < 1.29 is 14.3 Å². The molecule has 2 aromatic heterocycles. The van der Waals surface area contributed by atoms with Gasteiger partial charge in [0.1, 0.15) is 11.3 Å². The number of esters is 1. The fraction of sp³-hybridized carbons (Fsp3) is 0.250. The largest absolute Gasteiger partial charge is 0.452 e. The molecule has 9 nitrogen and oxygen atoms in total. The molecule has 0 N–H and O–H groups in total. The van der Waals surface area contributed by atoms with E-state index in [0.29, 0.717) is 49.9 Å². The zero-order valence-electron chi connectivity index (χ0n) is 20.7. The number of hydrogen-bond donors (Lipinski definition) is 0. The molecular formula is C28H28N6O3. The lowest BCUT2D eigenvalue weighted by atomic mass is 10.1. The zero-order chi connectivity index (χ0) is 25.6. The fourth-order valence-corrected chi connectivity index (χ4v) is 4.25. The summed E-state index contributed by atoms with van der Waals surface area (Å²) in [6.45, 7) is 4.46. The number of aryl methyl sites for hydroxylation is 1. The highest BCUT2D eigenvalue weighted by Crippen LogP contribution is 2.24. The molecule has 1 aliphatic heterocycles. The first-order valence-corrected chi connectivity index (χ1v) is 12.2. The molecule has 1 amide bonds. The second-order valence-electron chi connectivity index (χ2n) is 8.93.